The molecular weight excluding hydrogens is 388 g/mol. The van der Waals surface area contributed by atoms with Gasteiger partial charge in [-0.05, 0) is 29.4 Å². The molecule has 27 heavy (non-hydrogen) atoms. The van der Waals surface area contributed by atoms with Crippen molar-refractivity contribution in [3.05, 3.63) is 39.9 Å². The topological polar surface area (TPSA) is 89.8 Å². The Balaban J connectivity index is 1.67. The number of fused-ring (bicyclic) bond motifs is 1. The smallest absolute Gasteiger partial charge is 0.334 e. The molecule has 2 fully saturated rings. The fourth-order valence-corrected chi connectivity index (χ4v) is 6.82. The number of hydrogen-bond donors (Lipinski definition) is 0. The third kappa shape index (κ3) is 3.67. The van der Waals surface area contributed by atoms with Crippen molar-refractivity contribution < 1.29 is 19.2 Å². The van der Waals surface area contributed by atoms with Crippen molar-refractivity contribution in [2.24, 2.45) is 11.8 Å². The highest BCUT2D eigenvalue weighted by atomic mass is 32.2. The summed E-state index contributed by atoms with van der Waals surface area (Å²) in [5.74, 6) is 0.703. The quantitative estimate of drug-likeness (QED) is 0.295. The van der Waals surface area contributed by atoms with Crippen molar-refractivity contribution in [3.63, 3.8) is 0 Å². The summed E-state index contributed by atoms with van der Waals surface area (Å²) in [6.07, 6.45) is 0. The molecule has 0 aromatic heterocycles. The predicted molar refractivity (Wildman–Crippen MR) is 105 cm³/mol. The van der Waals surface area contributed by atoms with Gasteiger partial charge in [0, 0.05) is 12.1 Å². The Kier molecular flexibility index (Phi) is 5.71. The highest BCUT2D eigenvalue weighted by molar-refractivity contribution is 8.19. The lowest BCUT2D eigenvalue weighted by molar-refractivity contribution is -0.384. The fraction of sp³-hybridized carbons (Fsp3) is 0.556. The van der Waals surface area contributed by atoms with Gasteiger partial charge in [-0.3, -0.25) is 14.9 Å². The molecule has 2 unspecified atom stereocenters. The maximum Gasteiger partial charge on any atom is 0.334 e. The van der Waals surface area contributed by atoms with Gasteiger partial charge >= 0.3 is 5.97 Å². The zero-order valence-corrected chi connectivity index (χ0v) is 17.0. The van der Waals surface area contributed by atoms with E-state index in [4.69, 9.17) is 4.74 Å². The van der Waals surface area contributed by atoms with Crippen LogP contribution in [0.3, 0.4) is 0 Å². The van der Waals surface area contributed by atoms with E-state index in [2.05, 4.69) is 0 Å². The first-order chi connectivity index (χ1) is 12.8. The molecule has 2 saturated heterocycles. The van der Waals surface area contributed by atoms with Crippen molar-refractivity contribution in [1.29, 1.82) is 0 Å². The summed E-state index contributed by atoms with van der Waals surface area (Å²) in [6.45, 7) is 6.45. The van der Waals surface area contributed by atoms with Crippen LogP contribution < -0.4 is 0 Å². The zero-order valence-electron chi connectivity index (χ0n) is 15.4. The standard InChI is InChI=1S/C18H22N2O5S2/c1-4-26-18(10-19-15(21)14(11(2)3)16(19)27-18)17(22)25-9-12-5-7-13(8-6-12)20(23)24/h5-8,11,14,16H,4,9-10H2,1-3H3/t14?,16-,18?/m1/s1. The van der Waals surface area contributed by atoms with Crippen molar-refractivity contribution in [2.75, 3.05) is 12.3 Å². The lowest BCUT2D eigenvalue weighted by Crippen LogP contribution is -2.58. The molecule has 0 bridgehead atoms. The van der Waals surface area contributed by atoms with Gasteiger partial charge in [0.2, 0.25) is 5.91 Å². The van der Waals surface area contributed by atoms with E-state index in [9.17, 15) is 19.7 Å². The van der Waals surface area contributed by atoms with Crippen LogP contribution in [0.2, 0.25) is 0 Å². The van der Waals surface area contributed by atoms with Gasteiger partial charge in [0.25, 0.3) is 5.69 Å². The van der Waals surface area contributed by atoms with Crippen LogP contribution in [0.5, 0.6) is 0 Å². The van der Waals surface area contributed by atoms with Gasteiger partial charge < -0.3 is 9.64 Å². The van der Waals surface area contributed by atoms with Crippen LogP contribution in [0.15, 0.2) is 24.3 Å². The van der Waals surface area contributed by atoms with E-state index < -0.39 is 9.00 Å². The van der Waals surface area contributed by atoms with E-state index in [1.807, 2.05) is 20.8 Å². The molecule has 2 aliphatic heterocycles. The van der Waals surface area contributed by atoms with E-state index >= 15 is 0 Å². The van der Waals surface area contributed by atoms with Gasteiger partial charge in [0.05, 0.1) is 22.8 Å². The van der Waals surface area contributed by atoms with Crippen LogP contribution in [0.1, 0.15) is 26.3 Å². The van der Waals surface area contributed by atoms with Crippen LogP contribution in [0.4, 0.5) is 5.69 Å². The Bertz CT molecular complexity index is 755. The average molecular weight is 411 g/mol. The van der Waals surface area contributed by atoms with E-state index in [0.717, 1.165) is 5.75 Å². The van der Waals surface area contributed by atoms with E-state index in [-0.39, 0.29) is 41.4 Å². The molecule has 0 spiro atoms. The minimum atomic E-state index is -0.806. The molecule has 146 valence electrons. The third-order valence-electron chi connectivity index (χ3n) is 4.80. The number of nitrogens with zero attached hydrogens (tertiary/aromatic N) is 2. The van der Waals surface area contributed by atoms with Crippen LogP contribution in [0.25, 0.3) is 0 Å². The first-order valence-corrected chi connectivity index (χ1v) is 10.7. The lowest BCUT2D eigenvalue weighted by atomic mass is 9.87. The fourth-order valence-electron chi connectivity index (χ4n) is 3.38. The van der Waals surface area contributed by atoms with Gasteiger partial charge in [-0.25, -0.2) is 4.79 Å². The van der Waals surface area contributed by atoms with Crippen LogP contribution >= 0.6 is 23.5 Å². The molecule has 1 amide bonds. The molecule has 0 saturated carbocycles. The second kappa shape index (κ2) is 7.71. The maximum absolute atomic E-state index is 12.9. The second-order valence-electron chi connectivity index (χ2n) is 6.93. The SMILES string of the molecule is CCSC1(C(=O)OCc2ccc([N+](=O)[O-])cc2)CN2C(=O)C(C(C)C)[C@H]2S1. The van der Waals surface area contributed by atoms with Gasteiger partial charge in [-0.1, -0.05) is 20.8 Å². The molecule has 0 N–H and O–H groups in total. The molecule has 1 aromatic carbocycles. The minimum absolute atomic E-state index is 0.00273. The molecule has 9 heteroatoms. The largest absolute Gasteiger partial charge is 0.459 e. The molecule has 2 heterocycles. The minimum Gasteiger partial charge on any atom is -0.459 e. The summed E-state index contributed by atoms with van der Waals surface area (Å²) in [5, 5.41) is 10.7. The average Bonchev–Trinajstić information content (AvgIpc) is 2.95. The number of hydrogen-bond acceptors (Lipinski definition) is 7. The first-order valence-electron chi connectivity index (χ1n) is 8.82. The molecule has 3 rings (SSSR count). The first kappa shape index (κ1) is 20.0. The number of thioether (sulfide) groups is 2. The summed E-state index contributed by atoms with van der Waals surface area (Å²) in [6, 6.07) is 5.94. The summed E-state index contributed by atoms with van der Waals surface area (Å²) in [4.78, 5) is 37.3. The maximum atomic E-state index is 12.9. The number of carbonyl (C=O) groups excluding carboxylic acids is 2. The molecule has 7 nitrogen and oxygen atoms in total. The van der Waals surface area contributed by atoms with Crippen LogP contribution in [0, 0.1) is 22.0 Å². The van der Waals surface area contributed by atoms with Gasteiger partial charge in [-0.15, -0.1) is 23.5 Å². The van der Waals surface area contributed by atoms with Gasteiger partial charge in [-0.2, -0.15) is 0 Å². The second-order valence-corrected chi connectivity index (χ2v) is 10.2. The molecule has 2 aliphatic rings. The van der Waals surface area contributed by atoms with Gasteiger partial charge in [0.15, 0.2) is 4.08 Å². The number of ether oxygens (including phenoxy) is 1. The number of nitro benzene ring substituents is 1. The number of rotatable bonds is 7. The third-order valence-corrected chi connectivity index (χ3v) is 7.95. The van der Waals surface area contributed by atoms with Crippen molar-refractivity contribution in [3.8, 4) is 0 Å². The Morgan fingerprint density at radius 2 is 2.11 bits per heavy atom. The monoisotopic (exact) mass is 410 g/mol. The number of β-lactam (4-membered cyclic amide) rings is 1. The number of amides is 1. The van der Waals surface area contributed by atoms with E-state index in [1.165, 1.54) is 35.7 Å². The van der Waals surface area contributed by atoms with E-state index in [0.29, 0.717) is 12.1 Å². The highest BCUT2D eigenvalue weighted by Crippen LogP contribution is 2.56. The Hall–Kier alpha value is -1.74. The molecular formula is C18H22N2O5S2. The Morgan fingerprint density at radius 1 is 1.44 bits per heavy atom. The summed E-state index contributed by atoms with van der Waals surface area (Å²) < 4.78 is 4.73. The Morgan fingerprint density at radius 3 is 2.67 bits per heavy atom. The van der Waals surface area contributed by atoms with Gasteiger partial charge in [0.1, 0.15) is 6.61 Å². The zero-order chi connectivity index (χ0) is 19.8. The van der Waals surface area contributed by atoms with Crippen LogP contribution in [-0.2, 0) is 20.9 Å². The summed E-state index contributed by atoms with van der Waals surface area (Å²) in [5.41, 5.74) is 0.685. The summed E-state index contributed by atoms with van der Waals surface area (Å²) >= 11 is 3.03. The molecule has 0 radical (unpaired) electrons. The normalized spacial score (nSPS) is 26.7. The Labute approximate surface area is 166 Å². The molecule has 0 aliphatic carbocycles. The predicted octanol–water partition coefficient (Wildman–Crippen LogP) is 3.27. The van der Waals surface area contributed by atoms with Crippen molar-refractivity contribution in [2.45, 2.75) is 36.8 Å². The van der Waals surface area contributed by atoms with Crippen LogP contribution in [-0.4, -0.2) is 43.5 Å². The highest BCUT2D eigenvalue weighted by Gasteiger charge is 2.62. The van der Waals surface area contributed by atoms with Crippen molar-refractivity contribution >= 4 is 41.1 Å². The number of non-ortho nitro benzene ring substituents is 1. The molecule has 1 aromatic rings. The van der Waals surface area contributed by atoms with Crippen molar-refractivity contribution in [1.82, 2.24) is 4.90 Å². The van der Waals surface area contributed by atoms with E-state index in [1.54, 1.807) is 17.0 Å². The number of carbonyl (C=O) groups is 2. The molecule has 3 atom stereocenters. The number of benzene rings is 1. The number of esters is 1. The number of nitro groups is 1. The summed E-state index contributed by atoms with van der Waals surface area (Å²) in [7, 11) is 0. The lowest BCUT2D eigenvalue weighted by Gasteiger charge is -2.43.